The molecular weight excluding hydrogens is 566 g/mol. The van der Waals surface area contributed by atoms with Crippen molar-refractivity contribution in [2.24, 2.45) is 5.92 Å². The summed E-state index contributed by atoms with van der Waals surface area (Å²) in [6.45, 7) is 5.06. The number of rotatable bonds is 9. The summed E-state index contributed by atoms with van der Waals surface area (Å²) in [7, 11) is 0. The van der Waals surface area contributed by atoms with Gasteiger partial charge in [0.25, 0.3) is 0 Å². The molecule has 1 aromatic heterocycles. The number of nitrogens with one attached hydrogen (secondary N) is 2. The zero-order valence-corrected chi connectivity index (χ0v) is 25.7. The Morgan fingerprint density at radius 2 is 1.56 bits per heavy atom. The second-order valence-electron chi connectivity index (χ2n) is 12.2. The van der Waals surface area contributed by atoms with Crippen molar-refractivity contribution in [2.45, 2.75) is 57.5 Å². The number of anilines is 1. The third-order valence-electron chi connectivity index (χ3n) is 8.49. The molecule has 1 unspecified atom stereocenters. The summed E-state index contributed by atoms with van der Waals surface area (Å²) in [4.78, 5) is 30.6. The molecule has 0 spiro atoms. The number of alkyl carbamates (subject to hydrolysis) is 1. The summed E-state index contributed by atoms with van der Waals surface area (Å²) < 4.78 is 16.8. The van der Waals surface area contributed by atoms with Gasteiger partial charge < -0.3 is 24.8 Å². The Bertz CT molecular complexity index is 1600. The maximum atomic E-state index is 13.0. The molecule has 2 aliphatic heterocycles. The highest BCUT2D eigenvalue weighted by atomic mass is 16.6. The molecule has 0 saturated carbocycles. The number of amides is 2. The SMILES string of the molecule is C[C@@H]1CC(CC(=O)Nc2cnc(-c3ccc(C4(NC(=O)OCc5ccccc5)COC4)cc3)c(-c3ccccc3)c2)C[C@H](C)O1. The van der Waals surface area contributed by atoms with Gasteiger partial charge in [0, 0.05) is 17.5 Å². The Hall–Kier alpha value is -4.53. The highest BCUT2D eigenvalue weighted by molar-refractivity contribution is 5.93. The third-order valence-corrected chi connectivity index (χ3v) is 8.49. The van der Waals surface area contributed by atoms with E-state index < -0.39 is 11.6 Å². The summed E-state index contributed by atoms with van der Waals surface area (Å²) in [5, 5.41) is 6.11. The van der Waals surface area contributed by atoms with Crippen LogP contribution in [0, 0.1) is 5.92 Å². The second-order valence-corrected chi connectivity index (χ2v) is 12.2. The van der Waals surface area contributed by atoms with E-state index in [0.29, 0.717) is 31.2 Å². The Morgan fingerprint density at radius 1 is 0.889 bits per heavy atom. The lowest BCUT2D eigenvalue weighted by Crippen LogP contribution is -2.59. The van der Waals surface area contributed by atoms with Crippen molar-refractivity contribution in [2.75, 3.05) is 18.5 Å². The summed E-state index contributed by atoms with van der Waals surface area (Å²) in [6.07, 6.45) is 3.79. The lowest BCUT2D eigenvalue weighted by atomic mass is 9.87. The Kier molecular flexibility index (Phi) is 9.23. The number of aromatic nitrogens is 1. The molecule has 8 heteroatoms. The quantitative estimate of drug-likeness (QED) is 0.211. The van der Waals surface area contributed by atoms with Crippen LogP contribution in [0.25, 0.3) is 22.4 Å². The Labute approximate surface area is 264 Å². The lowest BCUT2D eigenvalue weighted by Gasteiger charge is -2.42. The molecule has 232 valence electrons. The van der Waals surface area contributed by atoms with Gasteiger partial charge in [0.1, 0.15) is 12.1 Å². The van der Waals surface area contributed by atoms with Crippen LogP contribution >= 0.6 is 0 Å². The molecule has 8 nitrogen and oxygen atoms in total. The molecule has 0 aliphatic carbocycles. The molecule has 3 heterocycles. The molecule has 2 aliphatic rings. The van der Waals surface area contributed by atoms with Crippen LogP contribution in [-0.2, 0) is 31.2 Å². The molecule has 0 bridgehead atoms. The van der Waals surface area contributed by atoms with Crippen molar-refractivity contribution < 1.29 is 23.8 Å². The average molecular weight is 606 g/mol. The summed E-state index contributed by atoms with van der Waals surface area (Å²) >= 11 is 0. The number of carbonyl (C=O) groups is 2. The van der Waals surface area contributed by atoms with Crippen molar-refractivity contribution in [1.82, 2.24) is 10.3 Å². The summed E-state index contributed by atoms with van der Waals surface area (Å²) in [5.41, 5.74) is 5.49. The topological polar surface area (TPSA) is 98.8 Å². The number of hydrogen-bond donors (Lipinski definition) is 2. The Morgan fingerprint density at radius 3 is 2.20 bits per heavy atom. The van der Waals surface area contributed by atoms with E-state index in [-0.39, 0.29) is 24.7 Å². The molecular formula is C37H39N3O5. The van der Waals surface area contributed by atoms with Crippen molar-refractivity contribution in [3.63, 3.8) is 0 Å². The van der Waals surface area contributed by atoms with Crippen LogP contribution in [0.2, 0.25) is 0 Å². The predicted octanol–water partition coefficient (Wildman–Crippen LogP) is 7.10. The van der Waals surface area contributed by atoms with E-state index in [1.165, 1.54) is 0 Å². The first kappa shape index (κ1) is 30.5. The number of pyridine rings is 1. The van der Waals surface area contributed by atoms with Crippen molar-refractivity contribution >= 4 is 17.7 Å². The van der Waals surface area contributed by atoms with Crippen LogP contribution in [0.1, 0.15) is 44.2 Å². The zero-order valence-electron chi connectivity index (χ0n) is 25.7. The molecule has 0 radical (unpaired) electrons. The first-order valence-corrected chi connectivity index (χ1v) is 15.6. The number of benzene rings is 3. The molecule has 2 amide bonds. The van der Waals surface area contributed by atoms with Gasteiger partial charge in [0.2, 0.25) is 5.91 Å². The fourth-order valence-electron chi connectivity index (χ4n) is 6.30. The van der Waals surface area contributed by atoms with E-state index in [4.69, 9.17) is 19.2 Å². The van der Waals surface area contributed by atoms with Crippen LogP contribution in [-0.4, -0.2) is 42.4 Å². The molecule has 3 atom stereocenters. The number of hydrogen-bond acceptors (Lipinski definition) is 6. The van der Waals surface area contributed by atoms with Gasteiger partial charge >= 0.3 is 6.09 Å². The standard InChI is InChI=1S/C37H39N3O5/c1-25-17-28(18-26(2)45-25)19-34(41)39-32-20-33(29-11-7-4-8-12-29)35(38-21-32)30-13-15-31(16-14-30)37(23-43-24-37)40-36(42)44-22-27-9-5-3-6-10-27/h3-16,20-21,25-26,28H,17-19,22-24H2,1-2H3,(H,39,41)(H,40,42)/t25-,26+,28?. The minimum absolute atomic E-state index is 0.0120. The normalized spacial score (nSPS) is 20.4. The van der Waals surface area contributed by atoms with E-state index in [1.807, 2.05) is 91.0 Å². The van der Waals surface area contributed by atoms with Gasteiger partial charge in [-0.1, -0.05) is 84.9 Å². The van der Waals surface area contributed by atoms with Crippen molar-refractivity contribution in [3.05, 3.63) is 108 Å². The van der Waals surface area contributed by atoms with E-state index in [0.717, 1.165) is 46.4 Å². The number of nitrogens with zero attached hydrogens (tertiary/aromatic N) is 1. The summed E-state index contributed by atoms with van der Waals surface area (Å²) in [6, 6.07) is 29.6. The monoisotopic (exact) mass is 605 g/mol. The van der Waals surface area contributed by atoms with Gasteiger partial charge in [-0.2, -0.15) is 0 Å². The highest BCUT2D eigenvalue weighted by Crippen LogP contribution is 2.36. The van der Waals surface area contributed by atoms with Gasteiger partial charge in [0.15, 0.2) is 0 Å². The maximum Gasteiger partial charge on any atom is 0.408 e. The molecule has 45 heavy (non-hydrogen) atoms. The van der Waals surface area contributed by atoms with Crippen LogP contribution in [0.4, 0.5) is 10.5 Å². The van der Waals surface area contributed by atoms with Gasteiger partial charge in [-0.3, -0.25) is 9.78 Å². The first-order valence-electron chi connectivity index (χ1n) is 15.6. The molecule has 2 fully saturated rings. The fourth-order valence-corrected chi connectivity index (χ4v) is 6.30. The fraction of sp³-hybridized carbons (Fsp3) is 0.324. The zero-order chi connectivity index (χ0) is 31.2. The molecule has 6 rings (SSSR count). The van der Waals surface area contributed by atoms with E-state index >= 15 is 0 Å². The third kappa shape index (κ3) is 7.41. The minimum Gasteiger partial charge on any atom is -0.445 e. The van der Waals surface area contributed by atoms with Gasteiger partial charge in [0.05, 0.1) is 43.0 Å². The number of ether oxygens (including phenoxy) is 3. The molecule has 3 aromatic carbocycles. The van der Waals surface area contributed by atoms with Gasteiger partial charge in [-0.25, -0.2) is 4.79 Å². The van der Waals surface area contributed by atoms with Crippen molar-refractivity contribution in [3.8, 4) is 22.4 Å². The van der Waals surface area contributed by atoms with Crippen LogP contribution in [0.3, 0.4) is 0 Å². The predicted molar refractivity (Wildman–Crippen MR) is 173 cm³/mol. The maximum absolute atomic E-state index is 13.0. The van der Waals surface area contributed by atoms with Gasteiger partial charge in [-0.05, 0) is 55.4 Å². The molecule has 2 N–H and O–H groups in total. The molecule has 4 aromatic rings. The van der Waals surface area contributed by atoms with E-state index in [2.05, 4.69) is 24.5 Å². The van der Waals surface area contributed by atoms with E-state index in [9.17, 15) is 9.59 Å². The largest absolute Gasteiger partial charge is 0.445 e. The van der Waals surface area contributed by atoms with Crippen LogP contribution < -0.4 is 10.6 Å². The van der Waals surface area contributed by atoms with Crippen LogP contribution in [0.5, 0.6) is 0 Å². The van der Waals surface area contributed by atoms with Crippen LogP contribution in [0.15, 0.2) is 97.2 Å². The average Bonchev–Trinajstić information content (AvgIpc) is 3.02. The van der Waals surface area contributed by atoms with Gasteiger partial charge in [-0.15, -0.1) is 0 Å². The first-order chi connectivity index (χ1) is 21.9. The summed E-state index contributed by atoms with van der Waals surface area (Å²) in [5.74, 6) is 0.287. The number of carbonyl (C=O) groups excluding carboxylic acids is 2. The minimum atomic E-state index is -0.657. The highest BCUT2D eigenvalue weighted by Gasteiger charge is 2.42. The smallest absolute Gasteiger partial charge is 0.408 e. The molecule has 2 saturated heterocycles. The Balaban J connectivity index is 1.18. The second kappa shape index (κ2) is 13.6. The van der Waals surface area contributed by atoms with E-state index in [1.54, 1.807) is 6.20 Å². The van der Waals surface area contributed by atoms with Crippen molar-refractivity contribution in [1.29, 1.82) is 0 Å². The lowest BCUT2D eigenvalue weighted by molar-refractivity contribution is -0.119.